The Morgan fingerprint density at radius 2 is 2.09 bits per heavy atom. The Hall–Kier alpha value is -1.85. The first-order valence-corrected chi connectivity index (χ1v) is 8.36. The van der Waals surface area contributed by atoms with E-state index in [1.165, 1.54) is 0 Å². The minimum absolute atomic E-state index is 0.0107. The van der Waals surface area contributed by atoms with Crippen molar-refractivity contribution in [2.75, 3.05) is 18.5 Å². The van der Waals surface area contributed by atoms with E-state index in [-0.39, 0.29) is 11.8 Å². The topological polar surface area (TPSA) is 47.6 Å². The smallest absolute Gasteiger partial charge is 0.229 e. The molecule has 0 spiro atoms. The maximum atomic E-state index is 12.2. The average molecular weight is 376 g/mol. The van der Waals surface area contributed by atoms with Gasteiger partial charge in [-0.25, -0.2) is 0 Å². The Balaban J connectivity index is 1.65. The quantitative estimate of drug-likeness (QED) is 0.858. The molecule has 1 amide bonds. The minimum atomic E-state index is -0.0733. The lowest BCUT2D eigenvalue weighted by Gasteiger charge is -2.13. The summed E-state index contributed by atoms with van der Waals surface area (Å²) in [5.74, 6) is 0.634. The van der Waals surface area contributed by atoms with Gasteiger partial charge in [0.15, 0.2) is 0 Å². The number of amides is 1. The fourth-order valence-corrected chi connectivity index (χ4v) is 2.75. The van der Waals surface area contributed by atoms with Crippen LogP contribution in [0.4, 0.5) is 5.69 Å². The zero-order valence-corrected chi connectivity index (χ0v) is 14.2. The molecule has 1 atom stereocenters. The largest absolute Gasteiger partial charge is 0.489 e. The maximum Gasteiger partial charge on any atom is 0.229 e. The summed E-state index contributed by atoms with van der Waals surface area (Å²) in [5, 5.41) is 2.94. The predicted octanol–water partition coefficient (Wildman–Crippen LogP) is 4.00. The number of hydrogen-bond donors (Lipinski definition) is 1. The number of nitrogens with one attached hydrogen (secondary N) is 1. The van der Waals surface area contributed by atoms with Gasteiger partial charge in [-0.3, -0.25) is 4.79 Å². The molecule has 1 aliphatic rings. The Labute approximate surface area is 143 Å². The molecule has 0 aliphatic carbocycles. The van der Waals surface area contributed by atoms with E-state index in [1.807, 2.05) is 48.5 Å². The van der Waals surface area contributed by atoms with Gasteiger partial charge in [0.05, 0.1) is 18.2 Å². The highest BCUT2D eigenvalue weighted by molar-refractivity contribution is 9.10. The third-order valence-corrected chi connectivity index (χ3v) is 4.44. The first kappa shape index (κ1) is 16.0. The van der Waals surface area contributed by atoms with Crippen LogP contribution in [0.2, 0.25) is 0 Å². The number of halogens is 1. The van der Waals surface area contributed by atoms with Crippen LogP contribution >= 0.6 is 15.9 Å². The molecule has 23 heavy (non-hydrogen) atoms. The number of carbonyl (C=O) groups excluding carboxylic acids is 1. The molecule has 3 rings (SSSR count). The van der Waals surface area contributed by atoms with Gasteiger partial charge in [-0.15, -0.1) is 0 Å². The molecule has 1 fully saturated rings. The van der Waals surface area contributed by atoms with Crippen LogP contribution < -0.4 is 10.1 Å². The van der Waals surface area contributed by atoms with Crippen LogP contribution in [0.5, 0.6) is 5.75 Å². The highest BCUT2D eigenvalue weighted by Gasteiger charge is 2.24. The van der Waals surface area contributed by atoms with E-state index in [0.29, 0.717) is 25.5 Å². The van der Waals surface area contributed by atoms with Crippen molar-refractivity contribution in [3.05, 3.63) is 58.6 Å². The summed E-state index contributed by atoms with van der Waals surface area (Å²) in [5.41, 5.74) is 1.82. The van der Waals surface area contributed by atoms with E-state index >= 15 is 0 Å². The van der Waals surface area contributed by atoms with Crippen molar-refractivity contribution < 1.29 is 14.3 Å². The Bertz CT molecular complexity index is 669. The molecular formula is C18H18BrNO3. The van der Waals surface area contributed by atoms with E-state index in [4.69, 9.17) is 9.47 Å². The summed E-state index contributed by atoms with van der Waals surface area (Å²) in [7, 11) is 0. The molecule has 1 unspecified atom stereocenters. The van der Waals surface area contributed by atoms with Crippen molar-refractivity contribution >= 4 is 27.5 Å². The minimum Gasteiger partial charge on any atom is -0.489 e. The summed E-state index contributed by atoms with van der Waals surface area (Å²) in [4.78, 5) is 12.2. The molecule has 120 valence electrons. The van der Waals surface area contributed by atoms with E-state index in [1.54, 1.807) is 0 Å². The summed E-state index contributed by atoms with van der Waals surface area (Å²) in [6.45, 7) is 1.64. The summed E-state index contributed by atoms with van der Waals surface area (Å²) in [6.07, 6.45) is 0.771. The molecule has 0 saturated carbocycles. The third kappa shape index (κ3) is 4.33. The third-order valence-electron chi connectivity index (χ3n) is 3.74. The van der Waals surface area contributed by atoms with Crippen LogP contribution in [0.3, 0.4) is 0 Å². The van der Waals surface area contributed by atoms with Crippen LogP contribution in [0.25, 0.3) is 0 Å². The lowest BCUT2D eigenvalue weighted by molar-refractivity contribution is -0.119. The fraction of sp³-hybridized carbons (Fsp3) is 0.278. The second-order valence-electron chi connectivity index (χ2n) is 5.47. The van der Waals surface area contributed by atoms with E-state index in [0.717, 1.165) is 22.2 Å². The van der Waals surface area contributed by atoms with Gasteiger partial charge < -0.3 is 14.8 Å². The van der Waals surface area contributed by atoms with Gasteiger partial charge in [-0.1, -0.05) is 30.3 Å². The number of benzene rings is 2. The van der Waals surface area contributed by atoms with Crippen LogP contribution in [-0.4, -0.2) is 19.1 Å². The maximum absolute atomic E-state index is 12.2. The molecule has 4 nitrogen and oxygen atoms in total. The normalized spacial score (nSPS) is 17.0. The van der Waals surface area contributed by atoms with Crippen LogP contribution in [0.15, 0.2) is 53.0 Å². The molecule has 2 aromatic carbocycles. The van der Waals surface area contributed by atoms with E-state index in [9.17, 15) is 4.79 Å². The second kappa shape index (κ2) is 7.62. The molecule has 1 N–H and O–H groups in total. The predicted molar refractivity (Wildman–Crippen MR) is 92.5 cm³/mol. The molecular weight excluding hydrogens is 358 g/mol. The first-order valence-electron chi connectivity index (χ1n) is 7.57. The Morgan fingerprint density at radius 3 is 2.83 bits per heavy atom. The van der Waals surface area contributed by atoms with Crippen LogP contribution in [0, 0.1) is 5.92 Å². The van der Waals surface area contributed by atoms with Crippen molar-refractivity contribution in [1.82, 2.24) is 0 Å². The van der Waals surface area contributed by atoms with Gasteiger partial charge in [0.25, 0.3) is 0 Å². The number of hydrogen-bond acceptors (Lipinski definition) is 3. The zero-order valence-electron chi connectivity index (χ0n) is 12.6. The average Bonchev–Trinajstić information content (AvgIpc) is 3.11. The van der Waals surface area contributed by atoms with Crippen molar-refractivity contribution in [3.63, 3.8) is 0 Å². The molecule has 0 aromatic heterocycles. The monoisotopic (exact) mass is 375 g/mol. The molecule has 5 heteroatoms. The first-order chi connectivity index (χ1) is 11.2. The molecule has 0 radical (unpaired) electrons. The van der Waals surface area contributed by atoms with E-state index < -0.39 is 0 Å². The lowest BCUT2D eigenvalue weighted by Crippen LogP contribution is -2.23. The molecule has 1 saturated heterocycles. The Morgan fingerprint density at radius 1 is 1.26 bits per heavy atom. The zero-order chi connectivity index (χ0) is 16.1. The molecule has 1 aliphatic heterocycles. The highest BCUT2D eigenvalue weighted by atomic mass is 79.9. The van der Waals surface area contributed by atoms with Crippen LogP contribution in [-0.2, 0) is 16.1 Å². The fourth-order valence-electron chi connectivity index (χ4n) is 2.41. The van der Waals surface area contributed by atoms with E-state index in [2.05, 4.69) is 21.2 Å². The van der Waals surface area contributed by atoms with Gasteiger partial charge in [-0.05, 0) is 40.0 Å². The number of anilines is 1. The second-order valence-corrected chi connectivity index (χ2v) is 6.32. The number of rotatable bonds is 5. The summed E-state index contributed by atoms with van der Waals surface area (Å²) >= 11 is 3.46. The highest BCUT2D eigenvalue weighted by Crippen LogP contribution is 2.28. The van der Waals surface area contributed by atoms with Crippen molar-refractivity contribution in [2.45, 2.75) is 13.0 Å². The molecule has 2 aromatic rings. The van der Waals surface area contributed by atoms with Gasteiger partial charge >= 0.3 is 0 Å². The molecule has 0 bridgehead atoms. The van der Waals surface area contributed by atoms with Gasteiger partial charge in [0.2, 0.25) is 5.91 Å². The van der Waals surface area contributed by atoms with Crippen molar-refractivity contribution in [2.24, 2.45) is 5.92 Å². The van der Waals surface area contributed by atoms with Gasteiger partial charge in [-0.2, -0.15) is 0 Å². The Kier molecular flexibility index (Phi) is 5.31. The van der Waals surface area contributed by atoms with Gasteiger partial charge in [0.1, 0.15) is 12.4 Å². The van der Waals surface area contributed by atoms with Crippen molar-refractivity contribution in [3.8, 4) is 5.75 Å². The van der Waals surface area contributed by atoms with Crippen molar-refractivity contribution in [1.29, 1.82) is 0 Å². The number of ether oxygens (including phenoxy) is 2. The van der Waals surface area contributed by atoms with Gasteiger partial charge in [0, 0.05) is 17.1 Å². The summed E-state index contributed by atoms with van der Waals surface area (Å²) < 4.78 is 11.9. The number of carbonyl (C=O) groups is 1. The SMILES string of the molecule is O=C(Nc1cc(OCc2ccccc2)ccc1Br)C1CCOC1. The van der Waals surface area contributed by atoms with Crippen LogP contribution in [0.1, 0.15) is 12.0 Å². The standard InChI is InChI=1S/C18H18BrNO3/c19-16-7-6-15(23-11-13-4-2-1-3-5-13)10-17(16)20-18(21)14-8-9-22-12-14/h1-7,10,14H,8-9,11-12H2,(H,20,21). The molecule has 1 heterocycles. The lowest BCUT2D eigenvalue weighted by atomic mass is 10.1. The summed E-state index contributed by atoms with van der Waals surface area (Å²) in [6, 6.07) is 15.6.